The number of carbonyl (C=O) groups excluding carboxylic acids is 1. The highest BCUT2D eigenvalue weighted by Crippen LogP contribution is 2.49. The third-order valence-electron chi connectivity index (χ3n) is 14.0. The van der Waals surface area contributed by atoms with E-state index in [1.54, 1.807) is 39.8 Å². The van der Waals surface area contributed by atoms with Crippen LogP contribution in [0.15, 0.2) is 83.6 Å². The van der Waals surface area contributed by atoms with Crippen molar-refractivity contribution >= 4 is 67.3 Å². The fraction of sp³-hybridized carbons (Fsp3) is 0.309. The van der Waals surface area contributed by atoms with E-state index in [2.05, 4.69) is 108 Å². The Hall–Kier alpha value is -6.58. The molecule has 2 aliphatic heterocycles. The van der Waals surface area contributed by atoms with Gasteiger partial charge in [-0.1, -0.05) is 84.0 Å². The second kappa shape index (κ2) is 14.5. The minimum absolute atomic E-state index is 0.0230. The highest BCUT2D eigenvalue weighted by atomic mass is 19.2. The number of nitriles is 2. The molecule has 0 saturated carbocycles. The maximum atomic E-state index is 16.7. The first kappa shape index (κ1) is 42.7. The van der Waals surface area contributed by atoms with Crippen molar-refractivity contribution in [1.82, 2.24) is 4.48 Å². The Morgan fingerprint density at radius 1 is 0.766 bits per heavy atom. The number of halogens is 2. The first-order valence-electron chi connectivity index (χ1n) is 22.2. The van der Waals surface area contributed by atoms with Crippen LogP contribution in [0.4, 0.5) is 8.63 Å². The zero-order valence-electron chi connectivity index (χ0n) is 38.9. The molecule has 0 amide bonds. The second-order valence-corrected chi connectivity index (χ2v) is 20.2. The van der Waals surface area contributed by atoms with Crippen molar-refractivity contribution in [2.45, 2.75) is 113 Å². The third-order valence-corrected chi connectivity index (χ3v) is 14.0. The SMILES string of the molecule is CC1=C(C#N)C(C)=[N+]2C1=C(c1c(C)cc(OC(=O)CCCc3ccc4c5cc(C(C)(C)C)cc6cc(C(C)(C)C)cc(c7cccc3c74)c65)cc1C)c1c(C)c(C#N)c(C)n1[B-]2(F)F. The van der Waals surface area contributed by atoms with E-state index in [-0.39, 0.29) is 57.2 Å². The monoisotopic (exact) mass is 850 g/mol. The zero-order valence-corrected chi connectivity index (χ0v) is 38.9. The number of rotatable bonds is 6. The molecule has 6 nitrogen and oxygen atoms in total. The van der Waals surface area contributed by atoms with Crippen LogP contribution in [0.3, 0.4) is 0 Å². The maximum Gasteiger partial charge on any atom is 0.737 e. The molecule has 3 heterocycles. The predicted octanol–water partition coefficient (Wildman–Crippen LogP) is 13.5. The summed E-state index contributed by atoms with van der Waals surface area (Å²) in [7, 11) is 0. The van der Waals surface area contributed by atoms with Crippen LogP contribution >= 0.6 is 0 Å². The number of benzene rings is 6. The normalized spacial score (nSPS) is 15.2. The Labute approximate surface area is 374 Å². The van der Waals surface area contributed by atoms with E-state index in [9.17, 15) is 15.3 Å². The van der Waals surface area contributed by atoms with Gasteiger partial charge in [-0.2, -0.15) is 10.5 Å². The summed E-state index contributed by atoms with van der Waals surface area (Å²) in [6.45, 7) is 19.4. The lowest BCUT2D eigenvalue weighted by Gasteiger charge is -2.34. The van der Waals surface area contributed by atoms with Gasteiger partial charge in [-0.3, -0.25) is 4.79 Å². The molecule has 64 heavy (non-hydrogen) atoms. The van der Waals surface area contributed by atoms with Gasteiger partial charge >= 0.3 is 12.9 Å². The minimum Gasteiger partial charge on any atom is -0.427 e. The quantitative estimate of drug-likeness (QED) is 0.0549. The summed E-state index contributed by atoms with van der Waals surface area (Å²) in [5.41, 5.74) is 8.59. The number of fused-ring (bicyclic) bond motifs is 4. The molecule has 6 aromatic carbocycles. The average Bonchev–Trinajstić information content (AvgIpc) is 3.64. The van der Waals surface area contributed by atoms with Crippen molar-refractivity contribution < 1.29 is 22.6 Å². The molecule has 2 aliphatic rings. The lowest BCUT2D eigenvalue weighted by molar-refractivity contribution is -0.363. The molecule has 9 heteroatoms. The lowest BCUT2D eigenvalue weighted by Crippen LogP contribution is -2.51. The van der Waals surface area contributed by atoms with Crippen molar-refractivity contribution in [3.8, 4) is 17.9 Å². The topological polar surface area (TPSA) is 81.8 Å². The molecule has 0 bridgehead atoms. The Balaban J connectivity index is 1.04. The summed E-state index contributed by atoms with van der Waals surface area (Å²) in [6.07, 6.45) is 1.48. The molecule has 0 unspecified atom stereocenters. The van der Waals surface area contributed by atoms with Crippen LogP contribution in [0, 0.1) is 50.4 Å². The van der Waals surface area contributed by atoms with Crippen LogP contribution in [0.1, 0.15) is 124 Å². The lowest BCUT2D eigenvalue weighted by atomic mass is 9.79. The summed E-state index contributed by atoms with van der Waals surface area (Å²) in [4.78, 5) is 13.6. The minimum atomic E-state index is -4.43. The molecule has 0 saturated heterocycles. The standard InChI is InChI=1S/C55H53BF2N4O2/c1-29-21-39(22-30(2)48(29)51-52-31(3)45(27-59)33(5)61(52)56(57,58)62-34(6)46(28-60)32(4)53(51)62)64-47(63)18-13-15-35-19-20-42-44-26-38(55(10,11)12)24-36-23-37(54(7,8)9)25-43(49(36)44)41-17-14-16-40(35)50(41)42/h14,16-17,19-26H,13,15,18H2,1-12H3. The fourth-order valence-corrected chi connectivity index (χ4v) is 10.8. The number of hydrogen-bond acceptors (Lipinski definition) is 4. The van der Waals surface area contributed by atoms with Crippen LogP contribution in [-0.2, 0) is 22.0 Å². The van der Waals surface area contributed by atoms with E-state index in [0.717, 1.165) is 8.96 Å². The second-order valence-electron chi connectivity index (χ2n) is 20.2. The highest BCUT2D eigenvalue weighted by Gasteiger charge is 2.57. The smallest absolute Gasteiger partial charge is 0.427 e. The van der Waals surface area contributed by atoms with Crippen molar-refractivity contribution in [3.63, 3.8) is 0 Å². The van der Waals surface area contributed by atoms with Gasteiger partial charge in [0, 0.05) is 30.3 Å². The van der Waals surface area contributed by atoms with Crippen LogP contribution in [0.2, 0.25) is 0 Å². The number of esters is 1. The van der Waals surface area contributed by atoms with Crippen LogP contribution in [-0.4, -0.2) is 27.6 Å². The largest absolute Gasteiger partial charge is 0.737 e. The molecule has 1 aromatic heterocycles. The molecule has 7 aromatic rings. The molecule has 0 atom stereocenters. The number of aromatic nitrogens is 1. The van der Waals surface area contributed by atoms with Gasteiger partial charge in [-0.25, -0.2) is 0 Å². The summed E-state index contributed by atoms with van der Waals surface area (Å²) >= 11 is 0. The van der Waals surface area contributed by atoms with Crippen molar-refractivity contribution in [1.29, 1.82) is 10.5 Å². The van der Waals surface area contributed by atoms with Gasteiger partial charge < -0.3 is 22.3 Å². The molecule has 0 aliphatic carbocycles. The Morgan fingerprint density at radius 2 is 1.36 bits per heavy atom. The zero-order chi connectivity index (χ0) is 46.1. The number of nitrogens with zero attached hydrogens (tertiary/aromatic N) is 4. The van der Waals surface area contributed by atoms with E-state index < -0.39 is 6.97 Å². The molecule has 9 rings (SSSR count). The van der Waals surface area contributed by atoms with E-state index in [1.165, 1.54) is 59.8 Å². The number of aryl methyl sites for hydroxylation is 3. The summed E-state index contributed by atoms with van der Waals surface area (Å²) < 4.78 is 41.4. The van der Waals surface area contributed by atoms with E-state index in [1.807, 2.05) is 13.8 Å². The number of ether oxygens (including phenoxy) is 1. The van der Waals surface area contributed by atoms with Gasteiger partial charge in [0.1, 0.15) is 23.5 Å². The van der Waals surface area contributed by atoms with Crippen LogP contribution < -0.4 is 4.74 Å². The maximum absolute atomic E-state index is 16.7. The molecular weight excluding hydrogens is 797 g/mol. The number of hydrogen-bond donors (Lipinski definition) is 0. The molecule has 0 radical (unpaired) electrons. The first-order chi connectivity index (χ1) is 30.1. The first-order valence-corrected chi connectivity index (χ1v) is 22.2. The molecule has 322 valence electrons. The van der Waals surface area contributed by atoms with Gasteiger partial charge in [0.05, 0.1) is 11.1 Å². The summed E-state index contributed by atoms with van der Waals surface area (Å²) in [5, 5.41) is 30.2. The molecule has 0 fully saturated rings. The van der Waals surface area contributed by atoms with E-state index in [4.69, 9.17) is 4.74 Å². The van der Waals surface area contributed by atoms with Crippen LogP contribution in [0.25, 0.3) is 48.7 Å². The predicted molar refractivity (Wildman–Crippen MR) is 257 cm³/mol. The summed E-state index contributed by atoms with van der Waals surface area (Å²) in [5.74, 6) is 0.0142. The van der Waals surface area contributed by atoms with Crippen LogP contribution in [0.5, 0.6) is 5.75 Å². The van der Waals surface area contributed by atoms with Crippen molar-refractivity contribution in [2.24, 2.45) is 0 Å². The van der Waals surface area contributed by atoms with Crippen molar-refractivity contribution in [2.75, 3.05) is 0 Å². The van der Waals surface area contributed by atoms with E-state index in [0.29, 0.717) is 52.0 Å². The summed E-state index contributed by atoms with van der Waals surface area (Å²) in [6, 6.07) is 28.5. The molecular formula is C55H53BF2N4O2. The van der Waals surface area contributed by atoms with Gasteiger partial charge in [0.25, 0.3) is 0 Å². The highest BCUT2D eigenvalue weighted by molar-refractivity contribution is 6.58. The Morgan fingerprint density at radius 3 is 1.94 bits per heavy atom. The Kier molecular flexibility index (Phi) is 9.66. The number of carbonyl (C=O) groups is 1. The average molecular weight is 851 g/mol. The molecule has 0 spiro atoms. The van der Waals surface area contributed by atoms with Gasteiger partial charge in [0.15, 0.2) is 11.4 Å². The van der Waals surface area contributed by atoms with Gasteiger partial charge in [0.2, 0.25) is 0 Å². The van der Waals surface area contributed by atoms with Gasteiger partial charge in [-0.05, 0) is 165 Å². The Bertz CT molecular complexity index is 3340. The van der Waals surface area contributed by atoms with Gasteiger partial charge in [-0.15, -0.1) is 0 Å². The molecule has 0 N–H and O–H groups in total. The van der Waals surface area contributed by atoms with Crippen molar-refractivity contribution in [3.05, 3.63) is 139 Å². The fourth-order valence-electron chi connectivity index (χ4n) is 10.8. The number of allylic oxidation sites excluding steroid dienone is 2. The van der Waals surface area contributed by atoms with E-state index >= 15 is 8.63 Å². The third kappa shape index (κ3) is 6.22.